The average molecular weight is 246 g/mol. The molecule has 1 aliphatic rings. The molecule has 2 atom stereocenters. The molecule has 1 aliphatic heterocycles. The number of hydrogen-bond donors (Lipinski definition) is 2. The van der Waals surface area contributed by atoms with Crippen molar-refractivity contribution in [3.05, 3.63) is 0 Å². The van der Waals surface area contributed by atoms with E-state index in [0.717, 1.165) is 5.75 Å². The largest absolute Gasteiger partial charge is 0.480 e. The molecular weight excluding hydrogens is 228 g/mol. The van der Waals surface area contributed by atoms with E-state index in [1.807, 2.05) is 6.92 Å². The molecule has 0 aromatic rings. The molecule has 0 saturated carbocycles. The van der Waals surface area contributed by atoms with Crippen molar-refractivity contribution in [3.63, 3.8) is 0 Å². The molecule has 6 heteroatoms. The highest BCUT2D eigenvalue weighted by molar-refractivity contribution is 7.99. The fraction of sp³-hybridized carbons (Fsp3) is 0.800. The first kappa shape index (κ1) is 13.3. The SMILES string of the molecule is CC(CN)CC(=O)N1CCSCC1C(=O)O. The number of carboxylic acid groups (broad SMARTS) is 1. The summed E-state index contributed by atoms with van der Waals surface area (Å²) in [5.74, 6) is 0.396. The maximum atomic E-state index is 11.9. The average Bonchev–Trinajstić information content (AvgIpc) is 2.28. The first-order valence-corrected chi connectivity index (χ1v) is 6.51. The molecule has 92 valence electrons. The molecule has 0 bridgehead atoms. The zero-order valence-corrected chi connectivity index (χ0v) is 10.2. The van der Waals surface area contributed by atoms with Crippen molar-refractivity contribution in [2.75, 3.05) is 24.6 Å². The number of rotatable bonds is 4. The second-order valence-electron chi connectivity index (χ2n) is 4.06. The summed E-state index contributed by atoms with van der Waals surface area (Å²) < 4.78 is 0. The van der Waals surface area contributed by atoms with E-state index < -0.39 is 12.0 Å². The number of hydrogen-bond acceptors (Lipinski definition) is 4. The van der Waals surface area contributed by atoms with Crippen LogP contribution in [0.3, 0.4) is 0 Å². The predicted octanol–water partition coefficient (Wildman–Crippen LogP) is -0.0001000. The number of amides is 1. The van der Waals surface area contributed by atoms with Crippen LogP contribution in [0.15, 0.2) is 0 Å². The Balaban J connectivity index is 2.60. The Labute approximate surface area is 99.4 Å². The van der Waals surface area contributed by atoms with Gasteiger partial charge in [0.05, 0.1) is 0 Å². The van der Waals surface area contributed by atoms with Crippen LogP contribution in [0.25, 0.3) is 0 Å². The van der Waals surface area contributed by atoms with Gasteiger partial charge in [0.2, 0.25) is 5.91 Å². The van der Waals surface area contributed by atoms with Crippen LogP contribution in [0.2, 0.25) is 0 Å². The van der Waals surface area contributed by atoms with Crippen LogP contribution < -0.4 is 5.73 Å². The van der Waals surface area contributed by atoms with Crippen LogP contribution in [0.5, 0.6) is 0 Å². The quantitative estimate of drug-likeness (QED) is 0.729. The standard InChI is InChI=1S/C10H18N2O3S/c1-7(5-11)4-9(13)12-2-3-16-6-8(12)10(14)15/h7-8H,2-6,11H2,1H3,(H,14,15). The molecule has 5 nitrogen and oxygen atoms in total. The minimum atomic E-state index is -0.916. The van der Waals surface area contributed by atoms with Gasteiger partial charge in [-0.3, -0.25) is 4.79 Å². The fourth-order valence-electron chi connectivity index (χ4n) is 1.61. The molecule has 0 aromatic carbocycles. The van der Waals surface area contributed by atoms with E-state index in [0.29, 0.717) is 25.3 Å². The van der Waals surface area contributed by atoms with E-state index in [2.05, 4.69) is 0 Å². The van der Waals surface area contributed by atoms with E-state index >= 15 is 0 Å². The van der Waals surface area contributed by atoms with Crippen LogP contribution in [-0.2, 0) is 9.59 Å². The van der Waals surface area contributed by atoms with Crippen LogP contribution in [0.4, 0.5) is 0 Å². The lowest BCUT2D eigenvalue weighted by atomic mass is 10.1. The summed E-state index contributed by atoms with van der Waals surface area (Å²) in [6.07, 6.45) is 0.338. The van der Waals surface area contributed by atoms with E-state index in [-0.39, 0.29) is 11.8 Å². The van der Waals surface area contributed by atoms with Crippen molar-refractivity contribution in [2.24, 2.45) is 11.7 Å². The normalized spacial score (nSPS) is 22.9. The number of nitrogens with zero attached hydrogens (tertiary/aromatic N) is 1. The molecule has 1 heterocycles. The minimum absolute atomic E-state index is 0.0920. The number of carbonyl (C=O) groups excluding carboxylic acids is 1. The topological polar surface area (TPSA) is 83.6 Å². The third-order valence-corrected chi connectivity index (χ3v) is 3.68. The monoisotopic (exact) mass is 246 g/mol. The molecule has 16 heavy (non-hydrogen) atoms. The van der Waals surface area contributed by atoms with E-state index in [1.165, 1.54) is 4.90 Å². The van der Waals surface area contributed by atoms with Crippen molar-refractivity contribution in [3.8, 4) is 0 Å². The molecule has 3 N–H and O–H groups in total. The molecule has 0 spiro atoms. The number of aliphatic carboxylic acids is 1. The highest BCUT2D eigenvalue weighted by atomic mass is 32.2. The smallest absolute Gasteiger partial charge is 0.327 e. The lowest BCUT2D eigenvalue weighted by Crippen LogP contribution is -2.50. The van der Waals surface area contributed by atoms with Crippen LogP contribution in [-0.4, -0.2) is 52.5 Å². The van der Waals surface area contributed by atoms with Gasteiger partial charge < -0.3 is 15.7 Å². The van der Waals surface area contributed by atoms with Crippen LogP contribution in [0.1, 0.15) is 13.3 Å². The lowest BCUT2D eigenvalue weighted by molar-refractivity contribution is -0.149. The highest BCUT2D eigenvalue weighted by Gasteiger charge is 2.32. The van der Waals surface area contributed by atoms with Crippen LogP contribution >= 0.6 is 11.8 Å². The summed E-state index contributed by atoms with van der Waals surface area (Å²) in [5.41, 5.74) is 5.45. The van der Waals surface area contributed by atoms with Crippen molar-refractivity contribution in [1.29, 1.82) is 0 Å². The van der Waals surface area contributed by atoms with E-state index in [1.54, 1.807) is 11.8 Å². The number of thioether (sulfide) groups is 1. The Morgan fingerprint density at radius 3 is 2.88 bits per heavy atom. The van der Waals surface area contributed by atoms with Crippen molar-refractivity contribution < 1.29 is 14.7 Å². The van der Waals surface area contributed by atoms with Gasteiger partial charge in [0.1, 0.15) is 6.04 Å². The van der Waals surface area contributed by atoms with Gasteiger partial charge in [-0.1, -0.05) is 6.92 Å². The Hall–Kier alpha value is -0.750. The number of nitrogens with two attached hydrogens (primary N) is 1. The van der Waals surface area contributed by atoms with Crippen molar-refractivity contribution >= 4 is 23.6 Å². The van der Waals surface area contributed by atoms with Crippen molar-refractivity contribution in [1.82, 2.24) is 4.90 Å². The molecule has 0 aliphatic carbocycles. The number of carboxylic acids is 1. The first-order valence-electron chi connectivity index (χ1n) is 5.36. The molecule has 0 aromatic heterocycles. The van der Waals surface area contributed by atoms with Gasteiger partial charge in [0.15, 0.2) is 0 Å². The zero-order valence-electron chi connectivity index (χ0n) is 9.39. The molecule has 1 rings (SSSR count). The summed E-state index contributed by atoms with van der Waals surface area (Å²) in [6, 6.07) is -0.670. The third-order valence-electron chi connectivity index (χ3n) is 2.66. The second-order valence-corrected chi connectivity index (χ2v) is 5.21. The molecule has 1 saturated heterocycles. The molecule has 1 amide bonds. The van der Waals surface area contributed by atoms with Gasteiger partial charge in [-0.2, -0.15) is 11.8 Å². The molecule has 2 unspecified atom stereocenters. The van der Waals surface area contributed by atoms with E-state index in [4.69, 9.17) is 10.8 Å². The Kier molecular flexibility index (Phi) is 5.08. The Morgan fingerprint density at radius 2 is 2.31 bits per heavy atom. The second kappa shape index (κ2) is 6.10. The molecule has 0 radical (unpaired) electrons. The third kappa shape index (κ3) is 3.38. The van der Waals surface area contributed by atoms with Crippen LogP contribution in [0, 0.1) is 5.92 Å². The summed E-state index contributed by atoms with van der Waals surface area (Å²) >= 11 is 1.58. The summed E-state index contributed by atoms with van der Waals surface area (Å²) in [4.78, 5) is 24.3. The lowest BCUT2D eigenvalue weighted by Gasteiger charge is -2.33. The minimum Gasteiger partial charge on any atom is -0.480 e. The Morgan fingerprint density at radius 1 is 1.62 bits per heavy atom. The maximum absolute atomic E-state index is 11.9. The van der Waals surface area contributed by atoms with Gasteiger partial charge in [-0.15, -0.1) is 0 Å². The van der Waals surface area contributed by atoms with Gasteiger partial charge in [-0.05, 0) is 12.5 Å². The van der Waals surface area contributed by atoms with Gasteiger partial charge >= 0.3 is 5.97 Å². The summed E-state index contributed by atoms with van der Waals surface area (Å²) in [6.45, 7) is 2.87. The van der Waals surface area contributed by atoms with E-state index in [9.17, 15) is 9.59 Å². The highest BCUT2D eigenvalue weighted by Crippen LogP contribution is 2.18. The van der Waals surface area contributed by atoms with Gasteiger partial charge in [-0.25, -0.2) is 4.79 Å². The number of carbonyl (C=O) groups is 2. The molecular formula is C10H18N2O3S. The summed E-state index contributed by atoms with van der Waals surface area (Å²) in [5, 5.41) is 9.02. The predicted molar refractivity (Wildman–Crippen MR) is 63.3 cm³/mol. The fourth-order valence-corrected chi connectivity index (χ4v) is 2.64. The first-order chi connectivity index (χ1) is 7.56. The maximum Gasteiger partial charge on any atom is 0.327 e. The molecule has 1 fully saturated rings. The Bertz CT molecular complexity index is 273. The summed E-state index contributed by atoms with van der Waals surface area (Å²) in [7, 11) is 0. The van der Waals surface area contributed by atoms with Crippen molar-refractivity contribution in [2.45, 2.75) is 19.4 Å². The zero-order chi connectivity index (χ0) is 12.1. The van der Waals surface area contributed by atoms with Gasteiger partial charge in [0.25, 0.3) is 0 Å². The van der Waals surface area contributed by atoms with Gasteiger partial charge in [0, 0.05) is 24.5 Å².